The molecule has 0 aliphatic heterocycles. The Morgan fingerprint density at radius 1 is 0.484 bits per heavy atom. The van der Waals surface area contributed by atoms with Crippen molar-refractivity contribution in [1.82, 2.24) is 0 Å². The molecule has 9 heteroatoms. The molecule has 0 aromatic rings. The van der Waals surface area contributed by atoms with E-state index < -0.39 is 13.9 Å². The number of hydrogen-bond acceptors (Lipinski definition) is 7. The van der Waals surface area contributed by atoms with Crippen LogP contribution in [0.5, 0.6) is 0 Å². The van der Waals surface area contributed by atoms with E-state index in [2.05, 4.69) is 86.8 Å². The molecular weight excluding hydrogens is 818 g/mol. The van der Waals surface area contributed by atoms with Crippen LogP contribution in [-0.2, 0) is 27.9 Å². The minimum Gasteiger partial charge on any atom is -0.457 e. The summed E-state index contributed by atoms with van der Waals surface area (Å²) >= 11 is 0. The summed E-state index contributed by atoms with van der Waals surface area (Å²) < 4.78 is 33.6. The normalized spacial score (nSPS) is 13.9. The number of rotatable bonds is 50. The Bertz CT molecular complexity index is 1210. The molecule has 0 rings (SSSR count). The van der Waals surface area contributed by atoms with Gasteiger partial charge in [0.15, 0.2) is 0 Å². The lowest BCUT2D eigenvalue weighted by Gasteiger charge is -2.20. The minimum atomic E-state index is -4.30. The summed E-state index contributed by atoms with van der Waals surface area (Å²) in [5.41, 5.74) is 5.39. The van der Waals surface area contributed by atoms with Crippen molar-refractivity contribution in [3.63, 3.8) is 0 Å². The van der Waals surface area contributed by atoms with Crippen LogP contribution < -0.4 is 5.73 Å². The van der Waals surface area contributed by atoms with E-state index in [1.807, 2.05) is 0 Å². The zero-order chi connectivity index (χ0) is 46.5. The predicted octanol–water partition coefficient (Wildman–Crippen LogP) is 16.6. The third kappa shape index (κ3) is 50.9. The molecule has 0 bridgehead atoms. The Kier molecular flexibility index (Phi) is 50.2. The maximum Gasteiger partial charge on any atom is 0.472 e. The van der Waals surface area contributed by atoms with Crippen LogP contribution in [0.25, 0.3) is 0 Å². The van der Waals surface area contributed by atoms with Gasteiger partial charge in [0.2, 0.25) is 0 Å². The molecule has 2 unspecified atom stereocenters. The largest absolute Gasteiger partial charge is 0.472 e. The molecule has 0 aromatic carbocycles. The summed E-state index contributed by atoms with van der Waals surface area (Å²) in [6, 6.07) is 0. The van der Waals surface area contributed by atoms with Gasteiger partial charge in [0, 0.05) is 19.6 Å². The molecule has 0 aromatic heterocycles. The van der Waals surface area contributed by atoms with Crippen LogP contribution in [0.1, 0.15) is 232 Å². The zero-order valence-electron chi connectivity index (χ0n) is 41.5. The van der Waals surface area contributed by atoms with Gasteiger partial charge < -0.3 is 20.1 Å². The first kappa shape index (κ1) is 61.9. The second kappa shape index (κ2) is 51.9. The third-order valence-corrected chi connectivity index (χ3v) is 12.1. The van der Waals surface area contributed by atoms with E-state index in [1.165, 1.54) is 141 Å². The van der Waals surface area contributed by atoms with E-state index in [4.69, 9.17) is 24.3 Å². The first-order chi connectivity index (χ1) is 31.4. The van der Waals surface area contributed by atoms with Crippen molar-refractivity contribution in [1.29, 1.82) is 0 Å². The third-order valence-electron chi connectivity index (χ3n) is 11.1. The second-order valence-electron chi connectivity index (χ2n) is 17.4. The second-order valence-corrected chi connectivity index (χ2v) is 18.8. The van der Waals surface area contributed by atoms with Crippen molar-refractivity contribution in [2.24, 2.45) is 5.73 Å². The Balaban J connectivity index is 3.99. The van der Waals surface area contributed by atoms with Gasteiger partial charge in [-0.1, -0.05) is 234 Å². The first-order valence-electron chi connectivity index (χ1n) is 26.4. The van der Waals surface area contributed by atoms with E-state index in [-0.39, 0.29) is 38.8 Å². The summed E-state index contributed by atoms with van der Waals surface area (Å²) in [7, 11) is -4.30. The summed E-state index contributed by atoms with van der Waals surface area (Å²) in [6.45, 7) is 4.78. The monoisotopic (exact) mass is 918 g/mol. The molecule has 0 amide bonds. The van der Waals surface area contributed by atoms with Crippen molar-refractivity contribution >= 4 is 13.8 Å². The molecule has 0 aliphatic carbocycles. The predicted molar refractivity (Wildman–Crippen MR) is 275 cm³/mol. The van der Waals surface area contributed by atoms with Crippen LogP contribution in [-0.4, -0.2) is 49.9 Å². The fraction of sp³-hybridized carbons (Fsp3) is 0.764. The van der Waals surface area contributed by atoms with E-state index in [9.17, 15) is 14.3 Å². The van der Waals surface area contributed by atoms with Gasteiger partial charge in [-0.05, 0) is 64.2 Å². The van der Waals surface area contributed by atoms with Gasteiger partial charge in [-0.3, -0.25) is 13.8 Å². The highest BCUT2D eigenvalue weighted by molar-refractivity contribution is 7.47. The lowest BCUT2D eigenvalue weighted by molar-refractivity contribution is -0.154. The smallest absolute Gasteiger partial charge is 0.457 e. The number of carbonyl (C=O) groups excluding carboxylic acids is 1. The average Bonchev–Trinajstić information content (AvgIpc) is 3.29. The van der Waals surface area contributed by atoms with Crippen LogP contribution in [0.2, 0.25) is 0 Å². The number of phosphoric acid groups is 1. The fourth-order valence-corrected chi connectivity index (χ4v) is 8.06. The topological polar surface area (TPSA) is 117 Å². The van der Waals surface area contributed by atoms with Crippen molar-refractivity contribution < 1.29 is 32.8 Å². The van der Waals surface area contributed by atoms with E-state index in [0.717, 1.165) is 64.2 Å². The fourth-order valence-electron chi connectivity index (χ4n) is 7.30. The average molecular weight is 918 g/mol. The van der Waals surface area contributed by atoms with Crippen LogP contribution in [0, 0.1) is 0 Å². The number of phosphoric ester groups is 1. The lowest BCUT2D eigenvalue weighted by Crippen LogP contribution is -2.28. The maximum atomic E-state index is 12.6. The van der Waals surface area contributed by atoms with Gasteiger partial charge in [0.1, 0.15) is 6.10 Å². The summed E-state index contributed by atoms with van der Waals surface area (Å²) in [4.78, 5) is 22.6. The molecule has 2 atom stereocenters. The van der Waals surface area contributed by atoms with Gasteiger partial charge >= 0.3 is 13.8 Å². The van der Waals surface area contributed by atoms with Crippen LogP contribution >= 0.6 is 7.82 Å². The van der Waals surface area contributed by atoms with Crippen LogP contribution in [0.15, 0.2) is 72.9 Å². The molecule has 64 heavy (non-hydrogen) atoms. The Morgan fingerprint density at radius 2 is 0.875 bits per heavy atom. The number of unbranched alkanes of at least 4 members (excludes halogenated alkanes) is 25. The number of esters is 1. The summed E-state index contributed by atoms with van der Waals surface area (Å²) in [5.74, 6) is -0.370. The highest BCUT2D eigenvalue weighted by Crippen LogP contribution is 2.43. The first-order valence-corrected chi connectivity index (χ1v) is 27.9. The molecule has 0 aliphatic rings. The minimum absolute atomic E-state index is 0.0909. The molecule has 0 saturated heterocycles. The SMILES string of the molecule is CC/C=C\C/C=C\C/C=C\C/C=C\C/C=C\C/C=C\CCCCC(=O)OC(COCCCCCCCCCCCCCCCCCCCCCCCCCC)COP(=O)(O)OCCN. The highest BCUT2D eigenvalue weighted by atomic mass is 31.2. The van der Waals surface area contributed by atoms with Gasteiger partial charge in [-0.15, -0.1) is 0 Å². The van der Waals surface area contributed by atoms with Crippen molar-refractivity contribution in [2.45, 2.75) is 238 Å². The molecule has 372 valence electrons. The lowest BCUT2D eigenvalue weighted by atomic mass is 10.0. The van der Waals surface area contributed by atoms with Crippen molar-refractivity contribution in [3.05, 3.63) is 72.9 Å². The highest BCUT2D eigenvalue weighted by Gasteiger charge is 2.25. The maximum absolute atomic E-state index is 12.6. The Labute approximate surface area is 395 Å². The molecule has 0 saturated carbocycles. The molecule has 0 spiro atoms. The van der Waals surface area contributed by atoms with E-state index in [1.54, 1.807) is 0 Å². The van der Waals surface area contributed by atoms with Gasteiger partial charge in [0.05, 0.1) is 19.8 Å². The number of nitrogens with two attached hydrogens (primary N) is 1. The van der Waals surface area contributed by atoms with Gasteiger partial charge in [-0.25, -0.2) is 4.57 Å². The molecule has 3 N–H and O–H groups in total. The molecule has 0 radical (unpaired) electrons. The van der Waals surface area contributed by atoms with Crippen molar-refractivity contribution in [3.8, 4) is 0 Å². The van der Waals surface area contributed by atoms with Gasteiger partial charge in [-0.2, -0.15) is 0 Å². The van der Waals surface area contributed by atoms with E-state index >= 15 is 0 Å². The summed E-state index contributed by atoms with van der Waals surface area (Å²) in [5, 5.41) is 0. The van der Waals surface area contributed by atoms with Crippen molar-refractivity contribution in [2.75, 3.05) is 33.0 Å². The molecule has 0 heterocycles. The number of allylic oxidation sites excluding steroid dienone is 12. The molecule has 8 nitrogen and oxygen atoms in total. The number of ether oxygens (including phenoxy) is 2. The van der Waals surface area contributed by atoms with Crippen LogP contribution in [0.3, 0.4) is 0 Å². The summed E-state index contributed by atoms with van der Waals surface area (Å²) in [6.07, 6.45) is 66.7. The van der Waals surface area contributed by atoms with Crippen LogP contribution in [0.4, 0.5) is 0 Å². The zero-order valence-corrected chi connectivity index (χ0v) is 42.4. The molecular formula is C55H100NO7P. The Morgan fingerprint density at radius 3 is 1.28 bits per heavy atom. The number of hydrogen-bond donors (Lipinski definition) is 2. The standard InChI is InChI=1S/C55H100NO7P/c1-3-5-7-9-11-13-15-17-19-21-23-25-26-27-29-31-33-35-37-39-41-43-45-47-50-60-52-54(53-62-64(58,59)61-51-49-56)63-55(57)48-46-44-42-40-38-36-34-32-30-28-24-22-20-18-16-14-12-10-8-6-4-2/h6,8,12,14,18,20,24,28,32,34,38,40,54H,3-5,7,9-11,13,15-17,19,21-23,25-27,29-31,33,35-37,39,41-53,56H2,1-2H3,(H,58,59)/b8-6-,14-12-,20-18-,28-24-,34-32-,40-38-. The quantitative estimate of drug-likeness (QED) is 0.0268. The number of carbonyl (C=O) groups is 1. The van der Waals surface area contributed by atoms with Gasteiger partial charge in [0.25, 0.3) is 0 Å². The Hall–Kier alpha value is -2.06. The molecule has 0 fully saturated rings. The van der Waals surface area contributed by atoms with E-state index in [0.29, 0.717) is 13.0 Å².